The third kappa shape index (κ3) is 3.41. The molecule has 18 heavy (non-hydrogen) atoms. The number of hydrogen-bond donors (Lipinski definition) is 2. The second-order valence-corrected chi connectivity index (χ2v) is 3.71. The van der Waals surface area contributed by atoms with Crippen molar-refractivity contribution in [2.45, 2.75) is 6.54 Å². The van der Waals surface area contributed by atoms with Gasteiger partial charge in [0.2, 0.25) is 5.91 Å². The summed E-state index contributed by atoms with van der Waals surface area (Å²) in [5, 5.41) is 0. The van der Waals surface area contributed by atoms with Crippen molar-refractivity contribution in [2.75, 3.05) is 6.61 Å². The van der Waals surface area contributed by atoms with E-state index < -0.39 is 5.91 Å². The van der Waals surface area contributed by atoms with Crippen LogP contribution in [-0.2, 0) is 16.2 Å². The summed E-state index contributed by atoms with van der Waals surface area (Å²) < 4.78 is 1.92. The molecule has 0 aliphatic rings. The van der Waals surface area contributed by atoms with E-state index in [2.05, 4.69) is 10.5 Å². The van der Waals surface area contributed by atoms with Gasteiger partial charge in [-0.1, -0.05) is 12.1 Å². The minimum atomic E-state index is -0.502. The highest BCUT2D eigenvalue weighted by molar-refractivity contribution is 5.74. The molecule has 0 atom stereocenters. The van der Waals surface area contributed by atoms with Gasteiger partial charge in [-0.2, -0.15) is 5.48 Å². The van der Waals surface area contributed by atoms with E-state index in [1.165, 1.54) is 0 Å². The predicted molar refractivity (Wildman–Crippen MR) is 65.6 cm³/mol. The minimum absolute atomic E-state index is 0.132. The molecule has 0 fully saturated rings. The van der Waals surface area contributed by atoms with Gasteiger partial charge in [-0.15, -0.1) is 0 Å². The summed E-state index contributed by atoms with van der Waals surface area (Å²) in [5.74, 6) is -0.502. The van der Waals surface area contributed by atoms with Gasteiger partial charge in [0.1, 0.15) is 6.61 Å². The number of benzene rings is 1. The molecular weight excluding hydrogens is 232 g/mol. The fourth-order valence-electron chi connectivity index (χ4n) is 1.45. The average Bonchev–Trinajstić information content (AvgIpc) is 2.89. The molecule has 0 unspecified atom stereocenters. The van der Waals surface area contributed by atoms with Gasteiger partial charge in [-0.05, 0) is 17.7 Å². The first-order valence-electron chi connectivity index (χ1n) is 5.46. The number of nitrogens with zero attached hydrogens (tertiary/aromatic N) is 2. The Bertz CT molecular complexity index is 493. The highest BCUT2D eigenvalue weighted by Gasteiger charge is 1.97. The van der Waals surface area contributed by atoms with Crippen LogP contribution in [0.3, 0.4) is 0 Å². The lowest BCUT2D eigenvalue weighted by molar-refractivity contribution is -0.125. The predicted octanol–water partition coefficient (Wildman–Crippen LogP) is 0.379. The first-order valence-corrected chi connectivity index (χ1v) is 5.46. The van der Waals surface area contributed by atoms with Crippen LogP contribution in [0.5, 0.6) is 0 Å². The number of hydrogen-bond acceptors (Lipinski definition) is 4. The Morgan fingerprint density at radius 2 is 2.17 bits per heavy atom. The van der Waals surface area contributed by atoms with E-state index >= 15 is 0 Å². The molecule has 1 aromatic carbocycles. The second-order valence-electron chi connectivity index (χ2n) is 3.71. The molecule has 1 amide bonds. The van der Waals surface area contributed by atoms with Crippen LogP contribution in [0.1, 0.15) is 5.56 Å². The number of hydroxylamine groups is 1. The standard InChI is InChI=1S/C12H14N4O2/c13-12(17)8-18-15-7-10-1-3-11(4-2-10)16-6-5-14-9-16/h1-6,9,15H,7-8H2,(H2,13,17). The average molecular weight is 246 g/mol. The van der Waals surface area contributed by atoms with Crippen LogP contribution in [0.2, 0.25) is 0 Å². The van der Waals surface area contributed by atoms with Crippen molar-refractivity contribution in [3.63, 3.8) is 0 Å². The van der Waals surface area contributed by atoms with Crippen molar-refractivity contribution in [1.82, 2.24) is 15.0 Å². The lowest BCUT2D eigenvalue weighted by Crippen LogP contribution is -2.24. The summed E-state index contributed by atoms with van der Waals surface area (Å²) in [6, 6.07) is 7.89. The molecule has 2 aromatic rings. The maximum atomic E-state index is 10.4. The Balaban J connectivity index is 1.86. The van der Waals surface area contributed by atoms with E-state index in [-0.39, 0.29) is 6.61 Å². The van der Waals surface area contributed by atoms with Crippen molar-refractivity contribution in [1.29, 1.82) is 0 Å². The molecular formula is C12H14N4O2. The molecule has 1 heterocycles. The van der Waals surface area contributed by atoms with Crippen molar-refractivity contribution in [3.8, 4) is 5.69 Å². The van der Waals surface area contributed by atoms with Crippen LogP contribution >= 0.6 is 0 Å². The number of carbonyl (C=O) groups is 1. The van der Waals surface area contributed by atoms with Crippen LogP contribution in [0.4, 0.5) is 0 Å². The van der Waals surface area contributed by atoms with E-state index in [4.69, 9.17) is 10.6 Å². The number of aromatic nitrogens is 2. The van der Waals surface area contributed by atoms with E-state index in [9.17, 15) is 4.79 Å². The summed E-state index contributed by atoms with van der Waals surface area (Å²) in [5.41, 5.74) is 9.68. The smallest absolute Gasteiger partial charge is 0.245 e. The molecule has 0 aliphatic heterocycles. The fourth-order valence-corrected chi connectivity index (χ4v) is 1.45. The molecule has 0 saturated heterocycles. The first-order chi connectivity index (χ1) is 8.75. The number of carbonyl (C=O) groups excluding carboxylic acids is 1. The molecule has 0 radical (unpaired) electrons. The third-order valence-corrected chi connectivity index (χ3v) is 2.33. The van der Waals surface area contributed by atoms with Gasteiger partial charge in [0.15, 0.2) is 0 Å². The molecule has 3 N–H and O–H groups in total. The number of imidazole rings is 1. The highest BCUT2D eigenvalue weighted by atomic mass is 16.6. The first kappa shape index (κ1) is 12.3. The number of nitrogens with one attached hydrogen (secondary N) is 1. The van der Waals surface area contributed by atoms with Gasteiger partial charge in [0.05, 0.1) is 6.33 Å². The van der Waals surface area contributed by atoms with Gasteiger partial charge < -0.3 is 10.3 Å². The second kappa shape index (κ2) is 5.95. The number of primary amides is 1. The quantitative estimate of drug-likeness (QED) is 0.570. The zero-order chi connectivity index (χ0) is 12.8. The van der Waals surface area contributed by atoms with Crippen molar-refractivity contribution < 1.29 is 9.63 Å². The fraction of sp³-hybridized carbons (Fsp3) is 0.167. The van der Waals surface area contributed by atoms with Gasteiger partial charge in [0.25, 0.3) is 0 Å². The third-order valence-electron chi connectivity index (χ3n) is 2.33. The number of rotatable bonds is 6. The molecule has 0 saturated carbocycles. The van der Waals surface area contributed by atoms with Gasteiger partial charge in [0, 0.05) is 24.6 Å². The van der Waals surface area contributed by atoms with Crippen molar-refractivity contribution >= 4 is 5.91 Å². The van der Waals surface area contributed by atoms with Crippen LogP contribution in [0, 0.1) is 0 Å². The van der Waals surface area contributed by atoms with Crippen molar-refractivity contribution in [3.05, 3.63) is 48.5 Å². The van der Waals surface area contributed by atoms with E-state index in [1.54, 1.807) is 12.5 Å². The zero-order valence-corrected chi connectivity index (χ0v) is 9.74. The van der Waals surface area contributed by atoms with E-state index in [0.29, 0.717) is 6.54 Å². The minimum Gasteiger partial charge on any atom is -0.368 e. The normalized spacial score (nSPS) is 10.4. The summed E-state index contributed by atoms with van der Waals surface area (Å²) in [4.78, 5) is 19.3. The Labute approximate surface area is 104 Å². The number of amides is 1. The van der Waals surface area contributed by atoms with Gasteiger partial charge >= 0.3 is 0 Å². The molecule has 0 spiro atoms. The van der Waals surface area contributed by atoms with Crippen molar-refractivity contribution in [2.24, 2.45) is 5.73 Å². The molecule has 6 nitrogen and oxygen atoms in total. The molecule has 94 valence electrons. The highest BCUT2D eigenvalue weighted by Crippen LogP contribution is 2.08. The maximum absolute atomic E-state index is 10.4. The summed E-state index contributed by atoms with van der Waals surface area (Å²) >= 11 is 0. The topological polar surface area (TPSA) is 82.2 Å². The van der Waals surface area contributed by atoms with Crippen LogP contribution in [0.25, 0.3) is 5.69 Å². The molecule has 2 rings (SSSR count). The Kier molecular flexibility index (Phi) is 4.06. The summed E-state index contributed by atoms with van der Waals surface area (Å²) in [6.07, 6.45) is 5.35. The molecule has 0 bridgehead atoms. The molecule has 6 heteroatoms. The van der Waals surface area contributed by atoms with Gasteiger partial charge in [-0.25, -0.2) is 4.98 Å². The molecule has 1 aromatic heterocycles. The lowest BCUT2D eigenvalue weighted by atomic mass is 10.2. The number of nitrogens with two attached hydrogens (primary N) is 1. The van der Waals surface area contributed by atoms with Crippen LogP contribution in [0.15, 0.2) is 43.0 Å². The van der Waals surface area contributed by atoms with Crippen LogP contribution in [-0.4, -0.2) is 22.1 Å². The van der Waals surface area contributed by atoms with Gasteiger partial charge in [-0.3, -0.25) is 9.63 Å². The summed E-state index contributed by atoms with van der Waals surface area (Å²) in [7, 11) is 0. The Hall–Kier alpha value is -2.18. The van der Waals surface area contributed by atoms with Crippen LogP contribution < -0.4 is 11.2 Å². The zero-order valence-electron chi connectivity index (χ0n) is 9.74. The van der Waals surface area contributed by atoms with E-state index in [1.807, 2.05) is 35.0 Å². The van der Waals surface area contributed by atoms with E-state index in [0.717, 1.165) is 11.3 Å². The maximum Gasteiger partial charge on any atom is 0.245 e. The monoisotopic (exact) mass is 246 g/mol. The Morgan fingerprint density at radius 3 is 2.78 bits per heavy atom. The summed E-state index contributed by atoms with van der Waals surface area (Å²) in [6.45, 7) is 0.380. The lowest BCUT2D eigenvalue weighted by Gasteiger charge is -2.06. The SMILES string of the molecule is NC(=O)CONCc1ccc(-n2ccnc2)cc1. The Morgan fingerprint density at radius 1 is 1.39 bits per heavy atom. The molecule has 0 aliphatic carbocycles. The largest absolute Gasteiger partial charge is 0.368 e.